The standard InChI is InChI=1S/C27H21Cl2N3O6/c1-15(2)18-5-9-19(10-6-18)31-26(34)21(25(33)30-27(31)35)11-17-12-22(28)24(23(29)13-17)38-14-16-3-7-20(8-4-16)32(36)37/h3-13,15H,14H2,1-2H3,(H,30,33,35)/b21-11+. The van der Waals surface area contributed by atoms with Gasteiger partial charge in [-0.05, 0) is 65.1 Å². The number of carbonyl (C=O) groups excluding carboxylic acids is 3. The summed E-state index contributed by atoms with van der Waals surface area (Å²) in [5.74, 6) is -1.21. The second kappa shape index (κ2) is 11.0. The number of hydrogen-bond donors (Lipinski definition) is 1. The van der Waals surface area contributed by atoms with Crippen molar-refractivity contribution in [1.29, 1.82) is 0 Å². The van der Waals surface area contributed by atoms with Crippen molar-refractivity contribution in [3.05, 3.63) is 103 Å². The van der Waals surface area contributed by atoms with Gasteiger partial charge < -0.3 is 4.74 Å². The lowest BCUT2D eigenvalue weighted by Crippen LogP contribution is -2.54. The number of anilines is 1. The monoisotopic (exact) mass is 553 g/mol. The van der Waals surface area contributed by atoms with E-state index in [1.54, 1.807) is 24.3 Å². The molecular weight excluding hydrogens is 533 g/mol. The number of nitrogens with one attached hydrogen (secondary N) is 1. The van der Waals surface area contributed by atoms with Gasteiger partial charge >= 0.3 is 6.03 Å². The van der Waals surface area contributed by atoms with E-state index in [0.717, 1.165) is 10.5 Å². The molecule has 0 aromatic heterocycles. The number of nitrogens with zero attached hydrogens (tertiary/aromatic N) is 2. The molecule has 1 saturated heterocycles. The number of barbiturate groups is 1. The third-order valence-corrected chi connectivity index (χ3v) is 6.34. The number of carbonyl (C=O) groups is 3. The maximum absolute atomic E-state index is 13.2. The van der Waals surface area contributed by atoms with Crippen LogP contribution in [0.1, 0.15) is 36.5 Å². The Morgan fingerprint density at radius 1 is 1.00 bits per heavy atom. The first kappa shape index (κ1) is 26.8. The van der Waals surface area contributed by atoms with Crippen molar-refractivity contribution < 1.29 is 24.0 Å². The van der Waals surface area contributed by atoms with Gasteiger partial charge in [-0.15, -0.1) is 0 Å². The minimum Gasteiger partial charge on any atom is -0.486 e. The Balaban J connectivity index is 1.56. The third kappa shape index (κ3) is 5.69. The number of urea groups is 1. The van der Waals surface area contributed by atoms with Gasteiger partial charge in [0.25, 0.3) is 17.5 Å². The molecule has 1 N–H and O–H groups in total. The van der Waals surface area contributed by atoms with E-state index in [0.29, 0.717) is 16.8 Å². The Labute approximate surface area is 227 Å². The second-order valence-electron chi connectivity index (χ2n) is 8.73. The maximum atomic E-state index is 13.2. The lowest BCUT2D eigenvalue weighted by molar-refractivity contribution is -0.384. The van der Waals surface area contributed by atoms with Crippen LogP contribution in [0, 0.1) is 10.1 Å². The van der Waals surface area contributed by atoms with Crippen molar-refractivity contribution in [3.8, 4) is 5.75 Å². The molecule has 9 nitrogen and oxygen atoms in total. The van der Waals surface area contributed by atoms with Crippen molar-refractivity contribution >= 4 is 58.5 Å². The Morgan fingerprint density at radius 3 is 2.16 bits per heavy atom. The summed E-state index contributed by atoms with van der Waals surface area (Å²) in [6.45, 7) is 4.09. The van der Waals surface area contributed by atoms with Crippen molar-refractivity contribution in [1.82, 2.24) is 5.32 Å². The average molecular weight is 554 g/mol. The van der Waals surface area contributed by atoms with E-state index in [1.165, 1.54) is 30.3 Å². The van der Waals surface area contributed by atoms with Gasteiger partial charge in [-0.2, -0.15) is 0 Å². The molecule has 194 valence electrons. The first-order valence-corrected chi connectivity index (χ1v) is 12.2. The van der Waals surface area contributed by atoms with Gasteiger partial charge in [-0.25, -0.2) is 9.69 Å². The lowest BCUT2D eigenvalue weighted by atomic mass is 10.0. The quantitative estimate of drug-likeness (QED) is 0.159. The van der Waals surface area contributed by atoms with Crippen LogP contribution in [0.3, 0.4) is 0 Å². The molecule has 4 rings (SSSR count). The van der Waals surface area contributed by atoms with E-state index in [9.17, 15) is 24.5 Å². The predicted octanol–water partition coefficient (Wildman–Crippen LogP) is 6.27. The molecule has 1 aliphatic heterocycles. The summed E-state index contributed by atoms with van der Waals surface area (Å²) < 4.78 is 5.70. The normalized spacial score (nSPS) is 14.7. The van der Waals surface area contributed by atoms with Crippen LogP contribution in [-0.4, -0.2) is 22.8 Å². The topological polar surface area (TPSA) is 119 Å². The third-order valence-electron chi connectivity index (χ3n) is 5.78. The number of benzene rings is 3. The summed E-state index contributed by atoms with van der Waals surface area (Å²) in [6, 6.07) is 14.8. The number of non-ortho nitro benzene ring substituents is 1. The Bertz CT molecular complexity index is 1440. The summed E-state index contributed by atoms with van der Waals surface area (Å²) in [5.41, 5.74) is 2.03. The Kier molecular flexibility index (Phi) is 7.80. The molecule has 1 heterocycles. The number of amides is 4. The van der Waals surface area contributed by atoms with E-state index in [-0.39, 0.29) is 39.6 Å². The zero-order valence-electron chi connectivity index (χ0n) is 20.2. The minimum atomic E-state index is -0.847. The molecule has 0 atom stereocenters. The molecular formula is C27H21Cl2N3O6. The summed E-state index contributed by atoms with van der Waals surface area (Å²) in [5, 5.41) is 13.2. The number of hydrogen-bond acceptors (Lipinski definition) is 6. The first-order valence-electron chi connectivity index (χ1n) is 11.4. The molecule has 11 heteroatoms. The highest BCUT2D eigenvalue weighted by Crippen LogP contribution is 2.36. The molecule has 0 bridgehead atoms. The first-order chi connectivity index (χ1) is 18.0. The lowest BCUT2D eigenvalue weighted by Gasteiger charge is -2.26. The molecule has 0 saturated carbocycles. The number of nitro groups is 1. The number of ether oxygens (including phenoxy) is 1. The summed E-state index contributed by atoms with van der Waals surface area (Å²) >= 11 is 12.7. The van der Waals surface area contributed by atoms with Crippen LogP contribution in [0.25, 0.3) is 6.08 Å². The number of nitro benzene ring substituents is 1. The number of imide groups is 2. The largest absolute Gasteiger partial charge is 0.486 e. The molecule has 1 fully saturated rings. The fourth-order valence-corrected chi connectivity index (χ4v) is 4.35. The molecule has 38 heavy (non-hydrogen) atoms. The fraction of sp³-hybridized carbons (Fsp3) is 0.148. The van der Waals surface area contributed by atoms with Crippen LogP contribution in [0.5, 0.6) is 5.75 Å². The molecule has 0 unspecified atom stereocenters. The molecule has 4 amide bonds. The molecule has 0 spiro atoms. The zero-order chi connectivity index (χ0) is 27.6. The van der Waals surface area contributed by atoms with Crippen molar-refractivity contribution in [2.75, 3.05) is 4.90 Å². The Morgan fingerprint density at radius 2 is 1.61 bits per heavy atom. The molecule has 3 aromatic carbocycles. The van der Waals surface area contributed by atoms with Crippen LogP contribution in [-0.2, 0) is 16.2 Å². The number of rotatable bonds is 7. The summed E-state index contributed by atoms with van der Waals surface area (Å²) in [7, 11) is 0. The van der Waals surface area contributed by atoms with E-state index in [1.807, 2.05) is 26.0 Å². The van der Waals surface area contributed by atoms with E-state index < -0.39 is 22.8 Å². The molecule has 0 radical (unpaired) electrons. The Hall–Kier alpha value is -4.21. The van der Waals surface area contributed by atoms with Crippen LogP contribution >= 0.6 is 23.2 Å². The van der Waals surface area contributed by atoms with Crippen molar-refractivity contribution in [3.63, 3.8) is 0 Å². The highest BCUT2D eigenvalue weighted by molar-refractivity contribution is 6.40. The van der Waals surface area contributed by atoms with Gasteiger partial charge in [-0.3, -0.25) is 25.0 Å². The summed E-state index contributed by atoms with van der Waals surface area (Å²) in [6.07, 6.45) is 1.29. The highest BCUT2D eigenvalue weighted by atomic mass is 35.5. The smallest absolute Gasteiger partial charge is 0.335 e. The number of halogens is 2. The van der Waals surface area contributed by atoms with E-state index >= 15 is 0 Å². The van der Waals surface area contributed by atoms with Crippen molar-refractivity contribution in [2.45, 2.75) is 26.4 Å². The van der Waals surface area contributed by atoms with Gasteiger partial charge in [0, 0.05) is 12.1 Å². The fourth-order valence-electron chi connectivity index (χ4n) is 3.74. The molecule has 1 aliphatic rings. The van der Waals surface area contributed by atoms with Crippen molar-refractivity contribution in [2.24, 2.45) is 0 Å². The van der Waals surface area contributed by atoms with Crippen LogP contribution in [0.2, 0.25) is 10.0 Å². The van der Waals surface area contributed by atoms with Gasteiger partial charge in [0.05, 0.1) is 20.7 Å². The predicted molar refractivity (Wildman–Crippen MR) is 143 cm³/mol. The minimum absolute atomic E-state index is 0.0451. The van der Waals surface area contributed by atoms with Crippen LogP contribution < -0.4 is 15.0 Å². The van der Waals surface area contributed by atoms with Gasteiger partial charge in [0.1, 0.15) is 12.2 Å². The zero-order valence-corrected chi connectivity index (χ0v) is 21.7. The molecule has 3 aromatic rings. The molecule has 0 aliphatic carbocycles. The van der Waals surface area contributed by atoms with Gasteiger partial charge in [0.2, 0.25) is 0 Å². The SMILES string of the molecule is CC(C)c1ccc(N2C(=O)NC(=O)/C(=C\c3cc(Cl)c(OCc4ccc([N+](=O)[O-])cc4)c(Cl)c3)C2=O)cc1. The highest BCUT2D eigenvalue weighted by Gasteiger charge is 2.36. The van der Waals surface area contributed by atoms with Gasteiger partial charge in [0.15, 0.2) is 5.75 Å². The van der Waals surface area contributed by atoms with Crippen LogP contribution in [0.4, 0.5) is 16.2 Å². The van der Waals surface area contributed by atoms with E-state index in [4.69, 9.17) is 27.9 Å². The summed E-state index contributed by atoms with van der Waals surface area (Å²) in [4.78, 5) is 49.4. The van der Waals surface area contributed by atoms with E-state index in [2.05, 4.69) is 5.32 Å². The van der Waals surface area contributed by atoms with Crippen LogP contribution in [0.15, 0.2) is 66.2 Å². The second-order valence-corrected chi connectivity index (χ2v) is 9.54. The van der Waals surface area contributed by atoms with Gasteiger partial charge in [-0.1, -0.05) is 49.2 Å². The maximum Gasteiger partial charge on any atom is 0.335 e. The average Bonchev–Trinajstić information content (AvgIpc) is 2.86.